The second-order valence-electron chi connectivity index (χ2n) is 4.79. The normalized spacial score (nSPS) is 10.3. The first-order chi connectivity index (χ1) is 9.93. The number of amides is 1. The van der Waals surface area contributed by atoms with Crippen LogP contribution in [0.5, 0.6) is 5.75 Å². The fourth-order valence-corrected chi connectivity index (χ4v) is 2.08. The molecule has 2 aromatic carbocycles. The Morgan fingerprint density at radius 2 is 1.95 bits per heavy atom. The minimum Gasteiger partial charge on any atom is -0.496 e. The van der Waals surface area contributed by atoms with Gasteiger partial charge in [0.15, 0.2) is 0 Å². The van der Waals surface area contributed by atoms with Crippen LogP contribution in [0, 0.1) is 19.7 Å². The molecule has 0 saturated heterocycles. The van der Waals surface area contributed by atoms with E-state index in [1.807, 2.05) is 19.9 Å². The molecule has 0 unspecified atom stereocenters. The summed E-state index contributed by atoms with van der Waals surface area (Å²) < 4.78 is 18.9. The van der Waals surface area contributed by atoms with Gasteiger partial charge in [-0.2, -0.15) is 0 Å². The van der Waals surface area contributed by atoms with Gasteiger partial charge in [0.1, 0.15) is 17.1 Å². The van der Waals surface area contributed by atoms with E-state index < -0.39 is 11.7 Å². The van der Waals surface area contributed by atoms with Crippen LogP contribution in [0.2, 0.25) is 0 Å². The van der Waals surface area contributed by atoms with E-state index in [0.717, 1.165) is 11.1 Å². The van der Waals surface area contributed by atoms with Gasteiger partial charge in [0.25, 0.3) is 5.91 Å². The maximum atomic E-state index is 13.9. The van der Waals surface area contributed by atoms with Gasteiger partial charge in [-0.25, -0.2) is 4.39 Å². The molecular formula is C16H17FN2O2. The first-order valence-corrected chi connectivity index (χ1v) is 6.44. The zero-order valence-corrected chi connectivity index (χ0v) is 12.2. The van der Waals surface area contributed by atoms with E-state index in [0.29, 0.717) is 11.4 Å². The number of hydrogen-bond donors (Lipinski definition) is 2. The van der Waals surface area contributed by atoms with Crippen molar-refractivity contribution < 1.29 is 13.9 Å². The summed E-state index contributed by atoms with van der Waals surface area (Å²) in [5.74, 6) is -1.02. The van der Waals surface area contributed by atoms with Crippen molar-refractivity contribution >= 4 is 17.3 Å². The Bertz CT molecular complexity index is 699. The Hall–Kier alpha value is -2.56. The Kier molecular flexibility index (Phi) is 4.12. The number of halogens is 1. The quantitative estimate of drug-likeness (QED) is 0.852. The van der Waals surface area contributed by atoms with Crippen LogP contribution in [-0.2, 0) is 0 Å². The minimum absolute atomic E-state index is 0.126. The Morgan fingerprint density at radius 1 is 1.24 bits per heavy atom. The zero-order valence-electron chi connectivity index (χ0n) is 12.2. The molecule has 0 aromatic heterocycles. The van der Waals surface area contributed by atoms with Gasteiger partial charge in [-0.05, 0) is 43.2 Å². The van der Waals surface area contributed by atoms with Crippen molar-refractivity contribution in [2.24, 2.45) is 0 Å². The van der Waals surface area contributed by atoms with Crippen LogP contribution in [0.3, 0.4) is 0 Å². The molecule has 0 bridgehead atoms. The molecule has 21 heavy (non-hydrogen) atoms. The van der Waals surface area contributed by atoms with Crippen molar-refractivity contribution in [1.29, 1.82) is 0 Å². The summed E-state index contributed by atoms with van der Waals surface area (Å²) in [7, 11) is 1.39. The highest BCUT2D eigenvalue weighted by atomic mass is 19.1. The predicted octanol–water partition coefficient (Wildman–Crippen LogP) is 3.29. The number of nitrogens with two attached hydrogens (primary N) is 1. The smallest absolute Gasteiger partial charge is 0.262 e. The highest BCUT2D eigenvalue weighted by molar-refractivity contribution is 6.07. The SMILES string of the molecule is COc1cccc(F)c1C(=O)Nc1cc(N)c(C)cc1C. The van der Waals surface area contributed by atoms with Gasteiger partial charge in [0, 0.05) is 11.4 Å². The number of ether oxygens (including phenoxy) is 1. The van der Waals surface area contributed by atoms with E-state index in [-0.39, 0.29) is 11.3 Å². The van der Waals surface area contributed by atoms with Gasteiger partial charge in [-0.15, -0.1) is 0 Å². The molecule has 3 N–H and O–H groups in total. The topological polar surface area (TPSA) is 64.3 Å². The summed E-state index contributed by atoms with van der Waals surface area (Å²) in [4.78, 5) is 12.3. The van der Waals surface area contributed by atoms with E-state index in [9.17, 15) is 9.18 Å². The monoisotopic (exact) mass is 288 g/mol. The van der Waals surface area contributed by atoms with E-state index in [2.05, 4.69) is 5.32 Å². The molecule has 110 valence electrons. The Morgan fingerprint density at radius 3 is 2.62 bits per heavy atom. The lowest BCUT2D eigenvalue weighted by molar-refractivity contribution is 0.102. The maximum Gasteiger partial charge on any atom is 0.262 e. The molecule has 2 aromatic rings. The minimum atomic E-state index is -0.635. The molecular weight excluding hydrogens is 271 g/mol. The Balaban J connectivity index is 2.37. The second kappa shape index (κ2) is 5.83. The molecule has 5 heteroatoms. The third kappa shape index (κ3) is 2.97. The van der Waals surface area contributed by atoms with Crippen molar-refractivity contribution in [3.63, 3.8) is 0 Å². The summed E-state index contributed by atoms with van der Waals surface area (Å²) in [6.45, 7) is 3.73. The van der Waals surface area contributed by atoms with Crippen molar-refractivity contribution in [2.45, 2.75) is 13.8 Å². The average Bonchev–Trinajstić information content (AvgIpc) is 2.44. The summed E-state index contributed by atoms with van der Waals surface area (Å²) in [5, 5.41) is 2.67. The van der Waals surface area contributed by atoms with Crippen molar-refractivity contribution in [1.82, 2.24) is 0 Å². The van der Waals surface area contributed by atoms with Crippen LogP contribution >= 0.6 is 0 Å². The highest BCUT2D eigenvalue weighted by Crippen LogP contribution is 2.26. The summed E-state index contributed by atoms with van der Waals surface area (Å²) >= 11 is 0. The lowest BCUT2D eigenvalue weighted by atomic mass is 10.1. The average molecular weight is 288 g/mol. The van der Waals surface area contributed by atoms with Gasteiger partial charge < -0.3 is 15.8 Å². The van der Waals surface area contributed by atoms with Crippen LogP contribution in [0.4, 0.5) is 15.8 Å². The lowest BCUT2D eigenvalue weighted by Crippen LogP contribution is -2.16. The third-order valence-electron chi connectivity index (χ3n) is 3.28. The van der Waals surface area contributed by atoms with E-state index in [1.54, 1.807) is 6.07 Å². The number of hydrogen-bond acceptors (Lipinski definition) is 3. The predicted molar refractivity (Wildman–Crippen MR) is 81.2 cm³/mol. The second-order valence-corrected chi connectivity index (χ2v) is 4.79. The van der Waals surface area contributed by atoms with E-state index in [4.69, 9.17) is 10.5 Å². The number of benzene rings is 2. The first-order valence-electron chi connectivity index (χ1n) is 6.44. The number of carbonyl (C=O) groups excluding carboxylic acids is 1. The Labute approximate surface area is 122 Å². The fraction of sp³-hybridized carbons (Fsp3) is 0.188. The molecule has 0 atom stereocenters. The fourth-order valence-electron chi connectivity index (χ4n) is 2.08. The van der Waals surface area contributed by atoms with Gasteiger partial charge in [0.05, 0.1) is 7.11 Å². The van der Waals surface area contributed by atoms with Gasteiger partial charge in [-0.3, -0.25) is 4.79 Å². The van der Waals surface area contributed by atoms with E-state index in [1.165, 1.54) is 25.3 Å². The number of carbonyl (C=O) groups is 1. The molecule has 0 saturated carbocycles. The molecule has 0 spiro atoms. The van der Waals surface area contributed by atoms with Gasteiger partial charge in [-0.1, -0.05) is 12.1 Å². The third-order valence-corrected chi connectivity index (χ3v) is 3.28. The molecule has 4 nitrogen and oxygen atoms in total. The van der Waals surface area contributed by atoms with Crippen molar-refractivity contribution in [3.8, 4) is 5.75 Å². The van der Waals surface area contributed by atoms with Gasteiger partial charge >= 0.3 is 0 Å². The molecule has 1 amide bonds. The van der Waals surface area contributed by atoms with Gasteiger partial charge in [0.2, 0.25) is 0 Å². The van der Waals surface area contributed by atoms with Crippen LogP contribution < -0.4 is 15.8 Å². The van der Waals surface area contributed by atoms with Crippen molar-refractivity contribution in [2.75, 3.05) is 18.2 Å². The van der Waals surface area contributed by atoms with E-state index >= 15 is 0 Å². The first kappa shape index (κ1) is 14.8. The number of nitrogen functional groups attached to an aromatic ring is 1. The number of nitrogens with one attached hydrogen (secondary N) is 1. The molecule has 0 fully saturated rings. The standard InChI is InChI=1S/C16H17FN2O2/c1-9-7-10(2)13(8-12(9)18)19-16(20)15-11(17)5-4-6-14(15)21-3/h4-8H,18H2,1-3H3,(H,19,20). The summed E-state index contributed by atoms with van der Waals surface area (Å²) in [6.07, 6.45) is 0. The molecule has 0 aliphatic heterocycles. The number of anilines is 2. The largest absolute Gasteiger partial charge is 0.496 e. The highest BCUT2D eigenvalue weighted by Gasteiger charge is 2.18. The van der Waals surface area contributed by atoms with Crippen LogP contribution in [-0.4, -0.2) is 13.0 Å². The van der Waals surface area contributed by atoms with Crippen molar-refractivity contribution in [3.05, 3.63) is 52.8 Å². The lowest BCUT2D eigenvalue weighted by Gasteiger charge is -2.13. The number of aryl methyl sites for hydroxylation is 2. The maximum absolute atomic E-state index is 13.9. The molecule has 2 rings (SSSR count). The van der Waals surface area contributed by atoms with Crippen LogP contribution in [0.25, 0.3) is 0 Å². The number of rotatable bonds is 3. The van der Waals surface area contributed by atoms with Crippen LogP contribution in [0.15, 0.2) is 30.3 Å². The summed E-state index contributed by atoms with van der Waals surface area (Å²) in [6, 6.07) is 7.77. The zero-order chi connectivity index (χ0) is 15.6. The molecule has 0 radical (unpaired) electrons. The molecule has 0 heterocycles. The summed E-state index contributed by atoms with van der Waals surface area (Å²) in [5.41, 5.74) is 8.61. The molecule has 0 aliphatic carbocycles. The van der Waals surface area contributed by atoms with Crippen LogP contribution in [0.1, 0.15) is 21.5 Å². The number of methoxy groups -OCH3 is 1. The molecule has 0 aliphatic rings.